The van der Waals surface area contributed by atoms with E-state index in [1.807, 2.05) is 0 Å². The standard InChI is InChI=1S/C19H23ClN4O2/c1-19(2)9-12(6-8-26-19)10-23-16-4-3-14(18(21)25)17(24-16)13-5-7-22-11-15(13)20/h3-5,7,11-12H,6,8-10H2,1-2H3,(H2,21,25)(H,23,24)/t12-/m1/s1. The third kappa shape index (κ3) is 4.31. The van der Waals surface area contributed by atoms with Crippen LogP contribution in [0.25, 0.3) is 11.3 Å². The first-order chi connectivity index (χ1) is 12.4. The SMILES string of the molecule is CC1(C)C[C@H](CNc2ccc(C(N)=O)c(-c3ccncc3Cl)n2)CCO1. The molecule has 138 valence electrons. The van der Waals surface area contributed by atoms with Crippen molar-refractivity contribution in [2.75, 3.05) is 18.5 Å². The maximum absolute atomic E-state index is 11.8. The molecule has 1 fully saturated rings. The predicted octanol–water partition coefficient (Wildman–Crippen LogP) is 3.51. The van der Waals surface area contributed by atoms with Gasteiger partial charge in [-0.25, -0.2) is 4.98 Å². The molecule has 26 heavy (non-hydrogen) atoms. The molecule has 0 spiro atoms. The topological polar surface area (TPSA) is 90.1 Å². The highest BCUT2D eigenvalue weighted by atomic mass is 35.5. The van der Waals surface area contributed by atoms with Crippen molar-refractivity contribution in [2.45, 2.75) is 32.3 Å². The molecule has 0 unspecified atom stereocenters. The summed E-state index contributed by atoms with van der Waals surface area (Å²) in [6, 6.07) is 5.17. The minimum Gasteiger partial charge on any atom is -0.376 e. The van der Waals surface area contributed by atoms with Crippen LogP contribution in [0.15, 0.2) is 30.6 Å². The molecular weight excluding hydrogens is 352 g/mol. The highest BCUT2D eigenvalue weighted by Gasteiger charge is 2.28. The number of rotatable bonds is 5. The van der Waals surface area contributed by atoms with Crippen molar-refractivity contribution in [3.8, 4) is 11.3 Å². The van der Waals surface area contributed by atoms with Crippen molar-refractivity contribution in [1.29, 1.82) is 0 Å². The van der Waals surface area contributed by atoms with E-state index >= 15 is 0 Å². The minimum atomic E-state index is -0.543. The van der Waals surface area contributed by atoms with E-state index in [2.05, 4.69) is 29.1 Å². The number of aromatic nitrogens is 2. The molecule has 1 atom stereocenters. The number of pyridine rings is 2. The third-order valence-corrected chi connectivity index (χ3v) is 4.86. The molecule has 7 heteroatoms. The van der Waals surface area contributed by atoms with Gasteiger partial charge in [-0.15, -0.1) is 0 Å². The number of nitrogens with two attached hydrogens (primary N) is 1. The molecule has 0 aromatic carbocycles. The van der Waals surface area contributed by atoms with E-state index in [0.29, 0.717) is 33.6 Å². The average molecular weight is 375 g/mol. The number of hydrogen-bond acceptors (Lipinski definition) is 5. The van der Waals surface area contributed by atoms with Gasteiger partial charge in [-0.05, 0) is 50.8 Å². The van der Waals surface area contributed by atoms with E-state index in [1.165, 1.54) is 6.20 Å². The van der Waals surface area contributed by atoms with Gasteiger partial charge in [0.25, 0.3) is 5.91 Å². The van der Waals surface area contributed by atoms with Crippen LogP contribution in [0.3, 0.4) is 0 Å². The summed E-state index contributed by atoms with van der Waals surface area (Å²) in [6.45, 7) is 5.79. The van der Waals surface area contributed by atoms with Gasteiger partial charge in [-0.2, -0.15) is 0 Å². The van der Waals surface area contributed by atoms with Crippen molar-refractivity contribution < 1.29 is 9.53 Å². The summed E-state index contributed by atoms with van der Waals surface area (Å²) in [5.74, 6) is 0.643. The quantitative estimate of drug-likeness (QED) is 0.835. The van der Waals surface area contributed by atoms with Crippen molar-refractivity contribution in [2.24, 2.45) is 11.7 Å². The molecule has 6 nitrogen and oxygen atoms in total. The Kier molecular flexibility index (Phi) is 5.44. The second-order valence-corrected chi connectivity index (χ2v) is 7.57. The molecule has 1 amide bonds. The van der Waals surface area contributed by atoms with Crippen LogP contribution in [0.2, 0.25) is 5.02 Å². The highest BCUT2D eigenvalue weighted by molar-refractivity contribution is 6.33. The van der Waals surface area contributed by atoms with Crippen molar-refractivity contribution >= 4 is 23.3 Å². The monoisotopic (exact) mass is 374 g/mol. The molecule has 2 aromatic heterocycles. The average Bonchev–Trinajstić information content (AvgIpc) is 2.59. The first kappa shape index (κ1) is 18.6. The van der Waals surface area contributed by atoms with Crippen molar-refractivity contribution in [3.63, 3.8) is 0 Å². The fraction of sp³-hybridized carbons (Fsp3) is 0.421. The van der Waals surface area contributed by atoms with Gasteiger partial charge in [-0.1, -0.05) is 11.6 Å². The van der Waals surface area contributed by atoms with Gasteiger partial charge < -0.3 is 15.8 Å². The van der Waals surface area contributed by atoms with Crippen LogP contribution in [0.4, 0.5) is 5.82 Å². The fourth-order valence-corrected chi connectivity index (χ4v) is 3.52. The van der Waals surface area contributed by atoms with Crippen LogP contribution in [0, 0.1) is 5.92 Å². The number of hydrogen-bond donors (Lipinski definition) is 2. The molecule has 0 aliphatic carbocycles. The minimum absolute atomic E-state index is 0.0937. The van der Waals surface area contributed by atoms with Crippen LogP contribution in [-0.4, -0.2) is 34.6 Å². The lowest BCUT2D eigenvalue weighted by Gasteiger charge is -2.35. The van der Waals surface area contributed by atoms with Crippen LogP contribution in [-0.2, 0) is 4.74 Å². The van der Waals surface area contributed by atoms with Crippen LogP contribution < -0.4 is 11.1 Å². The Balaban J connectivity index is 1.82. The molecular formula is C19H23ClN4O2. The molecule has 1 aliphatic heterocycles. The molecule has 0 saturated carbocycles. The molecule has 0 radical (unpaired) electrons. The smallest absolute Gasteiger partial charge is 0.250 e. The number of halogens is 1. The van der Waals surface area contributed by atoms with Gasteiger partial charge in [0.05, 0.1) is 21.9 Å². The lowest BCUT2D eigenvalue weighted by atomic mass is 9.88. The summed E-state index contributed by atoms with van der Waals surface area (Å²) < 4.78 is 5.76. The highest BCUT2D eigenvalue weighted by Crippen LogP contribution is 2.31. The number of ether oxygens (including phenoxy) is 1. The molecule has 0 bridgehead atoms. The molecule has 2 aromatic rings. The Labute approximate surface area is 158 Å². The molecule has 3 heterocycles. The van der Waals surface area contributed by atoms with E-state index in [1.54, 1.807) is 24.4 Å². The Morgan fingerprint density at radius 3 is 2.92 bits per heavy atom. The zero-order valence-corrected chi connectivity index (χ0v) is 15.7. The Hall–Kier alpha value is -2.18. The van der Waals surface area contributed by atoms with Gasteiger partial charge in [0, 0.05) is 31.1 Å². The number of primary amides is 1. The number of nitrogens with one attached hydrogen (secondary N) is 1. The normalized spacial score (nSPS) is 19.1. The summed E-state index contributed by atoms with van der Waals surface area (Å²) in [5, 5.41) is 3.79. The second kappa shape index (κ2) is 7.60. The van der Waals surface area contributed by atoms with Gasteiger partial charge in [0.15, 0.2) is 0 Å². The van der Waals surface area contributed by atoms with Crippen molar-refractivity contribution in [3.05, 3.63) is 41.2 Å². The summed E-state index contributed by atoms with van der Waals surface area (Å²) in [5.41, 5.74) is 6.83. The van der Waals surface area contributed by atoms with E-state index in [-0.39, 0.29) is 5.60 Å². The number of anilines is 1. The lowest BCUT2D eigenvalue weighted by Crippen LogP contribution is -2.36. The molecule has 3 rings (SSSR count). The molecule has 3 N–H and O–H groups in total. The number of carbonyl (C=O) groups excluding carboxylic acids is 1. The lowest BCUT2D eigenvalue weighted by molar-refractivity contribution is -0.0699. The first-order valence-electron chi connectivity index (χ1n) is 8.64. The number of carbonyl (C=O) groups is 1. The summed E-state index contributed by atoms with van der Waals surface area (Å²) in [6.07, 6.45) is 5.13. The van der Waals surface area contributed by atoms with Gasteiger partial charge in [-0.3, -0.25) is 9.78 Å². The van der Waals surface area contributed by atoms with Crippen LogP contribution in [0.5, 0.6) is 0 Å². The summed E-state index contributed by atoms with van der Waals surface area (Å²) in [7, 11) is 0. The maximum atomic E-state index is 11.8. The Morgan fingerprint density at radius 2 is 2.23 bits per heavy atom. The molecule has 1 saturated heterocycles. The number of amides is 1. The predicted molar refractivity (Wildman–Crippen MR) is 102 cm³/mol. The fourth-order valence-electron chi connectivity index (χ4n) is 3.31. The third-order valence-electron chi connectivity index (χ3n) is 4.56. The summed E-state index contributed by atoms with van der Waals surface area (Å²) >= 11 is 6.23. The van der Waals surface area contributed by atoms with E-state index in [4.69, 9.17) is 22.1 Å². The largest absolute Gasteiger partial charge is 0.376 e. The van der Waals surface area contributed by atoms with Crippen LogP contribution in [0.1, 0.15) is 37.0 Å². The van der Waals surface area contributed by atoms with E-state index in [9.17, 15) is 4.79 Å². The maximum Gasteiger partial charge on any atom is 0.250 e. The molecule has 1 aliphatic rings. The Bertz CT molecular complexity index is 810. The zero-order chi connectivity index (χ0) is 18.7. The summed E-state index contributed by atoms with van der Waals surface area (Å²) in [4.78, 5) is 20.3. The van der Waals surface area contributed by atoms with E-state index < -0.39 is 5.91 Å². The van der Waals surface area contributed by atoms with Gasteiger partial charge in [0.2, 0.25) is 0 Å². The second-order valence-electron chi connectivity index (χ2n) is 7.16. The number of nitrogens with zero attached hydrogens (tertiary/aromatic N) is 2. The zero-order valence-electron chi connectivity index (χ0n) is 15.0. The van der Waals surface area contributed by atoms with E-state index in [0.717, 1.165) is 26.0 Å². The first-order valence-corrected chi connectivity index (χ1v) is 9.02. The van der Waals surface area contributed by atoms with Crippen molar-refractivity contribution in [1.82, 2.24) is 9.97 Å². The van der Waals surface area contributed by atoms with Gasteiger partial charge in [0.1, 0.15) is 5.82 Å². The van der Waals surface area contributed by atoms with Crippen LogP contribution >= 0.6 is 11.6 Å². The van der Waals surface area contributed by atoms with Gasteiger partial charge >= 0.3 is 0 Å². The Morgan fingerprint density at radius 1 is 1.42 bits per heavy atom.